The van der Waals surface area contributed by atoms with Crippen molar-refractivity contribution in [2.45, 2.75) is 25.2 Å². The fourth-order valence-corrected chi connectivity index (χ4v) is 3.04. The van der Waals surface area contributed by atoms with Gasteiger partial charge < -0.3 is 0 Å². The van der Waals surface area contributed by atoms with E-state index in [0.717, 1.165) is 22.6 Å². The molecule has 0 aliphatic heterocycles. The molecule has 2 rings (SSSR count). The molecule has 0 amide bonds. The Kier molecular flexibility index (Phi) is 4.28. The van der Waals surface area contributed by atoms with Gasteiger partial charge in [0.15, 0.2) is 0 Å². The standard InChI is InChI=1S/C16H17NS/c1-3-12(2)11-18-16-9-8-13(10-17)14-6-4-5-7-15(14)16/h4-9,12H,3,11H2,1-2H3. The number of nitrogens with zero attached hydrogens (tertiary/aromatic N) is 1. The molecule has 18 heavy (non-hydrogen) atoms. The molecule has 0 spiro atoms. The largest absolute Gasteiger partial charge is 0.192 e. The van der Waals surface area contributed by atoms with E-state index in [9.17, 15) is 0 Å². The Labute approximate surface area is 113 Å². The zero-order valence-corrected chi connectivity index (χ0v) is 11.6. The van der Waals surface area contributed by atoms with Crippen molar-refractivity contribution in [1.82, 2.24) is 0 Å². The van der Waals surface area contributed by atoms with Crippen LogP contribution in [0.2, 0.25) is 0 Å². The zero-order valence-electron chi connectivity index (χ0n) is 10.8. The van der Waals surface area contributed by atoms with Crippen LogP contribution in [0, 0.1) is 17.2 Å². The van der Waals surface area contributed by atoms with Crippen LogP contribution < -0.4 is 0 Å². The van der Waals surface area contributed by atoms with Crippen LogP contribution in [0.25, 0.3) is 10.8 Å². The molecule has 2 aromatic carbocycles. The molecule has 0 heterocycles. The number of fused-ring (bicyclic) bond motifs is 1. The highest BCUT2D eigenvalue weighted by molar-refractivity contribution is 7.99. The maximum absolute atomic E-state index is 9.13. The van der Waals surface area contributed by atoms with Gasteiger partial charge in [-0.3, -0.25) is 0 Å². The Hall–Kier alpha value is -1.46. The second-order valence-electron chi connectivity index (χ2n) is 4.59. The maximum atomic E-state index is 9.13. The van der Waals surface area contributed by atoms with Crippen LogP contribution >= 0.6 is 11.8 Å². The summed E-state index contributed by atoms with van der Waals surface area (Å²) in [7, 11) is 0. The average molecular weight is 255 g/mol. The Morgan fingerprint density at radius 1 is 1.17 bits per heavy atom. The van der Waals surface area contributed by atoms with Crippen LogP contribution in [0.15, 0.2) is 41.3 Å². The predicted octanol–water partition coefficient (Wildman–Crippen LogP) is 4.85. The van der Waals surface area contributed by atoms with E-state index in [1.54, 1.807) is 0 Å². The third-order valence-corrected chi connectivity index (χ3v) is 4.63. The summed E-state index contributed by atoms with van der Waals surface area (Å²) in [5.74, 6) is 1.86. The minimum absolute atomic E-state index is 0.726. The Morgan fingerprint density at radius 2 is 1.89 bits per heavy atom. The fourth-order valence-electron chi connectivity index (χ4n) is 1.84. The normalized spacial score (nSPS) is 12.3. The monoisotopic (exact) mass is 255 g/mol. The van der Waals surface area contributed by atoms with Crippen LogP contribution in [-0.4, -0.2) is 5.75 Å². The van der Waals surface area contributed by atoms with Crippen molar-refractivity contribution >= 4 is 22.5 Å². The molecule has 1 atom stereocenters. The first-order valence-electron chi connectivity index (χ1n) is 6.31. The average Bonchev–Trinajstić information content (AvgIpc) is 2.44. The highest BCUT2D eigenvalue weighted by Gasteiger charge is 2.07. The van der Waals surface area contributed by atoms with E-state index in [2.05, 4.69) is 32.0 Å². The van der Waals surface area contributed by atoms with E-state index >= 15 is 0 Å². The predicted molar refractivity (Wildman–Crippen MR) is 78.8 cm³/mol. The Balaban J connectivity index is 2.38. The van der Waals surface area contributed by atoms with Crippen molar-refractivity contribution in [3.05, 3.63) is 42.0 Å². The van der Waals surface area contributed by atoms with Gasteiger partial charge in [0, 0.05) is 16.0 Å². The van der Waals surface area contributed by atoms with Gasteiger partial charge in [0.25, 0.3) is 0 Å². The number of thioether (sulfide) groups is 1. The molecule has 0 N–H and O–H groups in total. The maximum Gasteiger partial charge on any atom is 0.0998 e. The van der Waals surface area contributed by atoms with E-state index in [1.807, 2.05) is 36.0 Å². The smallest absolute Gasteiger partial charge is 0.0998 e. The summed E-state index contributed by atoms with van der Waals surface area (Å²) in [5, 5.41) is 11.4. The van der Waals surface area contributed by atoms with Gasteiger partial charge in [-0.1, -0.05) is 44.5 Å². The fraction of sp³-hybridized carbons (Fsp3) is 0.312. The van der Waals surface area contributed by atoms with Gasteiger partial charge in [-0.05, 0) is 23.4 Å². The van der Waals surface area contributed by atoms with E-state index < -0.39 is 0 Å². The SMILES string of the molecule is CCC(C)CSc1ccc(C#N)c2ccccc12. The lowest BCUT2D eigenvalue weighted by molar-refractivity contribution is 0.637. The van der Waals surface area contributed by atoms with Crippen LogP contribution in [-0.2, 0) is 0 Å². The van der Waals surface area contributed by atoms with Crippen molar-refractivity contribution < 1.29 is 0 Å². The molecule has 0 aliphatic carbocycles. The van der Waals surface area contributed by atoms with Gasteiger partial charge >= 0.3 is 0 Å². The molecule has 1 unspecified atom stereocenters. The van der Waals surface area contributed by atoms with Gasteiger partial charge in [0.2, 0.25) is 0 Å². The summed E-state index contributed by atoms with van der Waals surface area (Å²) in [4.78, 5) is 1.28. The second kappa shape index (κ2) is 5.93. The molecule has 1 nitrogen and oxygen atoms in total. The topological polar surface area (TPSA) is 23.8 Å². The second-order valence-corrected chi connectivity index (χ2v) is 5.65. The molecule has 0 radical (unpaired) electrons. The van der Waals surface area contributed by atoms with Crippen LogP contribution in [0.1, 0.15) is 25.8 Å². The van der Waals surface area contributed by atoms with E-state index in [1.165, 1.54) is 16.7 Å². The summed E-state index contributed by atoms with van der Waals surface area (Å²) in [6.07, 6.45) is 1.21. The van der Waals surface area contributed by atoms with Gasteiger partial charge in [0.05, 0.1) is 11.6 Å². The number of hydrogen-bond donors (Lipinski definition) is 0. The van der Waals surface area contributed by atoms with Crippen LogP contribution in [0.5, 0.6) is 0 Å². The molecule has 2 heteroatoms. The van der Waals surface area contributed by atoms with Crippen LogP contribution in [0.4, 0.5) is 0 Å². The van der Waals surface area contributed by atoms with Gasteiger partial charge in [-0.2, -0.15) is 5.26 Å². The summed E-state index contributed by atoms with van der Waals surface area (Å²) in [6, 6.07) is 14.4. The molecule has 0 aliphatic rings. The summed E-state index contributed by atoms with van der Waals surface area (Å²) >= 11 is 1.89. The molecule has 0 saturated carbocycles. The molecule has 92 valence electrons. The molecule has 2 aromatic rings. The summed E-state index contributed by atoms with van der Waals surface area (Å²) < 4.78 is 0. The highest BCUT2D eigenvalue weighted by Crippen LogP contribution is 2.31. The third-order valence-electron chi connectivity index (χ3n) is 3.22. The number of nitriles is 1. The first-order valence-corrected chi connectivity index (χ1v) is 7.29. The van der Waals surface area contributed by atoms with Crippen molar-refractivity contribution in [2.75, 3.05) is 5.75 Å². The van der Waals surface area contributed by atoms with Crippen molar-refractivity contribution in [1.29, 1.82) is 5.26 Å². The first kappa shape index (κ1) is 13.0. The number of hydrogen-bond acceptors (Lipinski definition) is 2. The minimum Gasteiger partial charge on any atom is -0.192 e. The molecule has 0 aromatic heterocycles. The molecule has 0 bridgehead atoms. The third kappa shape index (κ3) is 2.68. The van der Waals surface area contributed by atoms with E-state index in [4.69, 9.17) is 5.26 Å². The zero-order chi connectivity index (χ0) is 13.0. The molecule has 0 fully saturated rings. The number of rotatable bonds is 4. The lowest BCUT2D eigenvalue weighted by Crippen LogP contribution is -1.95. The summed E-state index contributed by atoms with van der Waals surface area (Å²) in [6.45, 7) is 4.50. The lowest BCUT2D eigenvalue weighted by Gasteiger charge is -2.10. The van der Waals surface area contributed by atoms with Gasteiger partial charge in [0.1, 0.15) is 0 Å². The Morgan fingerprint density at radius 3 is 2.56 bits per heavy atom. The Bertz CT molecular complexity index is 583. The molecule has 0 saturated heterocycles. The highest BCUT2D eigenvalue weighted by atomic mass is 32.2. The molecular formula is C16H17NS. The van der Waals surface area contributed by atoms with Gasteiger partial charge in [-0.25, -0.2) is 0 Å². The quantitative estimate of drug-likeness (QED) is 0.729. The lowest BCUT2D eigenvalue weighted by atomic mass is 10.1. The van der Waals surface area contributed by atoms with E-state index in [0.29, 0.717) is 0 Å². The van der Waals surface area contributed by atoms with Crippen molar-refractivity contribution in [3.63, 3.8) is 0 Å². The van der Waals surface area contributed by atoms with Gasteiger partial charge in [-0.15, -0.1) is 11.8 Å². The summed E-state index contributed by atoms with van der Waals surface area (Å²) in [5.41, 5.74) is 0.762. The molecular weight excluding hydrogens is 238 g/mol. The first-order chi connectivity index (χ1) is 8.76. The van der Waals surface area contributed by atoms with E-state index in [-0.39, 0.29) is 0 Å². The van der Waals surface area contributed by atoms with Crippen molar-refractivity contribution in [2.24, 2.45) is 5.92 Å². The van der Waals surface area contributed by atoms with Crippen molar-refractivity contribution in [3.8, 4) is 6.07 Å². The van der Waals surface area contributed by atoms with Crippen LogP contribution in [0.3, 0.4) is 0 Å². The number of benzene rings is 2. The minimum atomic E-state index is 0.726.